The first-order valence-corrected chi connectivity index (χ1v) is 6.87. The normalized spacial score (nSPS) is 22.1. The molecule has 1 heterocycles. The van der Waals surface area contributed by atoms with Crippen molar-refractivity contribution in [2.75, 3.05) is 7.11 Å². The third kappa shape index (κ3) is 2.39. The van der Waals surface area contributed by atoms with Crippen molar-refractivity contribution >= 4 is 16.7 Å². The molecule has 20 heavy (non-hydrogen) atoms. The minimum Gasteiger partial charge on any atom is -0.455 e. The van der Waals surface area contributed by atoms with Crippen molar-refractivity contribution in [2.24, 2.45) is 0 Å². The first-order valence-electron chi connectivity index (χ1n) is 6.87. The summed E-state index contributed by atoms with van der Waals surface area (Å²) in [7, 11) is 1.66. The highest BCUT2D eigenvalue weighted by Crippen LogP contribution is 2.26. The third-order valence-corrected chi connectivity index (χ3v) is 3.82. The molecule has 0 unspecified atom stereocenters. The SMILES string of the molecule is CO[C@H]1CCC[C@H]1OC(=O)c1nccc2ccccc12. The van der Waals surface area contributed by atoms with Gasteiger partial charge in [-0.25, -0.2) is 9.78 Å². The van der Waals surface area contributed by atoms with E-state index in [-0.39, 0.29) is 18.2 Å². The summed E-state index contributed by atoms with van der Waals surface area (Å²) in [5, 5.41) is 1.82. The van der Waals surface area contributed by atoms with Gasteiger partial charge in [-0.1, -0.05) is 24.3 Å². The Morgan fingerprint density at radius 3 is 2.85 bits per heavy atom. The molecule has 4 nitrogen and oxygen atoms in total. The van der Waals surface area contributed by atoms with Crippen LogP contribution >= 0.6 is 0 Å². The fraction of sp³-hybridized carbons (Fsp3) is 0.375. The zero-order chi connectivity index (χ0) is 13.9. The van der Waals surface area contributed by atoms with E-state index < -0.39 is 0 Å². The molecule has 1 aromatic carbocycles. The number of fused-ring (bicyclic) bond motifs is 1. The van der Waals surface area contributed by atoms with Gasteiger partial charge in [-0.15, -0.1) is 0 Å². The van der Waals surface area contributed by atoms with Gasteiger partial charge in [0.15, 0.2) is 5.69 Å². The van der Waals surface area contributed by atoms with Crippen molar-refractivity contribution in [1.82, 2.24) is 4.98 Å². The lowest BCUT2D eigenvalue weighted by Crippen LogP contribution is -2.28. The second-order valence-electron chi connectivity index (χ2n) is 5.03. The molecule has 0 N–H and O–H groups in total. The van der Waals surface area contributed by atoms with Crippen molar-refractivity contribution in [1.29, 1.82) is 0 Å². The quantitative estimate of drug-likeness (QED) is 0.805. The number of nitrogens with zero attached hydrogens (tertiary/aromatic N) is 1. The van der Waals surface area contributed by atoms with Crippen molar-refractivity contribution in [2.45, 2.75) is 31.5 Å². The van der Waals surface area contributed by atoms with E-state index in [1.54, 1.807) is 13.3 Å². The summed E-state index contributed by atoms with van der Waals surface area (Å²) < 4.78 is 10.9. The maximum Gasteiger partial charge on any atom is 0.357 e. The number of carbonyl (C=O) groups is 1. The van der Waals surface area contributed by atoms with Gasteiger partial charge in [-0.05, 0) is 30.7 Å². The summed E-state index contributed by atoms with van der Waals surface area (Å²) in [5.41, 5.74) is 0.379. The molecule has 2 atom stereocenters. The topological polar surface area (TPSA) is 48.4 Å². The maximum absolute atomic E-state index is 12.3. The van der Waals surface area contributed by atoms with Gasteiger partial charge in [0.2, 0.25) is 0 Å². The average molecular weight is 271 g/mol. The number of carbonyl (C=O) groups excluding carboxylic acids is 1. The van der Waals surface area contributed by atoms with Gasteiger partial charge < -0.3 is 9.47 Å². The number of benzene rings is 1. The molecule has 104 valence electrons. The number of pyridine rings is 1. The van der Waals surface area contributed by atoms with Crippen molar-refractivity contribution in [3.63, 3.8) is 0 Å². The van der Waals surface area contributed by atoms with Crippen LogP contribution in [-0.4, -0.2) is 30.3 Å². The smallest absolute Gasteiger partial charge is 0.357 e. The molecule has 0 saturated heterocycles. The lowest BCUT2D eigenvalue weighted by molar-refractivity contribution is -0.0209. The predicted octanol–water partition coefficient (Wildman–Crippen LogP) is 2.96. The molecule has 0 radical (unpaired) electrons. The molecule has 0 amide bonds. The van der Waals surface area contributed by atoms with Crippen LogP contribution in [0.5, 0.6) is 0 Å². The highest BCUT2D eigenvalue weighted by molar-refractivity contribution is 6.02. The van der Waals surface area contributed by atoms with Crippen LogP contribution in [0, 0.1) is 0 Å². The summed E-state index contributed by atoms with van der Waals surface area (Å²) >= 11 is 0. The number of methoxy groups -OCH3 is 1. The van der Waals surface area contributed by atoms with Crippen LogP contribution in [0.25, 0.3) is 10.8 Å². The van der Waals surface area contributed by atoms with Crippen molar-refractivity contribution in [3.8, 4) is 0 Å². The molecule has 1 aliphatic carbocycles. The molecular weight excluding hydrogens is 254 g/mol. The molecule has 4 heteroatoms. The maximum atomic E-state index is 12.3. The molecule has 3 rings (SSSR count). The Morgan fingerprint density at radius 2 is 2.00 bits per heavy atom. The highest BCUT2D eigenvalue weighted by Gasteiger charge is 2.31. The third-order valence-electron chi connectivity index (χ3n) is 3.82. The predicted molar refractivity (Wildman–Crippen MR) is 75.6 cm³/mol. The lowest BCUT2D eigenvalue weighted by atomic mass is 10.1. The summed E-state index contributed by atoms with van der Waals surface area (Å²) in [4.78, 5) is 16.5. The van der Waals surface area contributed by atoms with Crippen molar-refractivity contribution in [3.05, 3.63) is 42.2 Å². The monoisotopic (exact) mass is 271 g/mol. The Kier molecular flexibility index (Phi) is 3.65. The lowest BCUT2D eigenvalue weighted by Gasteiger charge is -2.18. The van der Waals surface area contributed by atoms with Gasteiger partial charge in [-0.3, -0.25) is 0 Å². The first-order chi connectivity index (χ1) is 9.79. The van der Waals surface area contributed by atoms with Gasteiger partial charge in [-0.2, -0.15) is 0 Å². The molecule has 0 bridgehead atoms. The van der Waals surface area contributed by atoms with E-state index in [9.17, 15) is 4.79 Å². The van der Waals surface area contributed by atoms with Crippen LogP contribution < -0.4 is 0 Å². The minimum absolute atomic E-state index is 0.00827. The Hall–Kier alpha value is -1.94. The molecular formula is C16H17NO3. The summed E-state index contributed by atoms with van der Waals surface area (Å²) in [6.07, 6.45) is 4.31. The van der Waals surface area contributed by atoms with Gasteiger partial charge >= 0.3 is 5.97 Å². The van der Waals surface area contributed by atoms with Gasteiger partial charge in [0.05, 0.1) is 6.10 Å². The van der Waals surface area contributed by atoms with E-state index in [1.165, 1.54) is 0 Å². The van der Waals surface area contributed by atoms with E-state index in [0.717, 1.165) is 30.0 Å². The summed E-state index contributed by atoms with van der Waals surface area (Å²) in [5.74, 6) is -0.365. The summed E-state index contributed by atoms with van der Waals surface area (Å²) in [6, 6.07) is 9.58. The number of rotatable bonds is 3. The first kappa shape index (κ1) is 13.1. The molecule has 1 fully saturated rings. The molecule has 1 aromatic heterocycles. The van der Waals surface area contributed by atoms with Crippen LogP contribution in [0.3, 0.4) is 0 Å². The molecule has 2 aromatic rings. The second kappa shape index (κ2) is 5.59. The Labute approximate surface area is 117 Å². The number of hydrogen-bond donors (Lipinski definition) is 0. The van der Waals surface area contributed by atoms with E-state index in [2.05, 4.69) is 4.98 Å². The van der Waals surface area contributed by atoms with E-state index in [1.807, 2.05) is 30.3 Å². The number of hydrogen-bond acceptors (Lipinski definition) is 4. The van der Waals surface area contributed by atoms with Crippen LogP contribution in [0.2, 0.25) is 0 Å². The molecule has 0 spiro atoms. The van der Waals surface area contributed by atoms with E-state index in [4.69, 9.17) is 9.47 Å². The summed E-state index contributed by atoms with van der Waals surface area (Å²) in [6.45, 7) is 0. The molecule has 1 aliphatic rings. The Morgan fingerprint density at radius 1 is 1.20 bits per heavy atom. The number of esters is 1. The van der Waals surface area contributed by atoms with E-state index in [0.29, 0.717) is 5.69 Å². The minimum atomic E-state index is -0.365. The molecule has 1 saturated carbocycles. The van der Waals surface area contributed by atoms with Crippen molar-refractivity contribution < 1.29 is 14.3 Å². The highest BCUT2D eigenvalue weighted by atomic mass is 16.6. The van der Waals surface area contributed by atoms with Crippen LogP contribution in [-0.2, 0) is 9.47 Å². The van der Waals surface area contributed by atoms with E-state index >= 15 is 0 Å². The standard InChI is InChI=1S/C16H17NO3/c1-19-13-7-4-8-14(13)20-16(18)15-12-6-3-2-5-11(12)9-10-17-15/h2-3,5-6,9-10,13-14H,4,7-8H2,1H3/t13-,14+/m0/s1. The Balaban J connectivity index is 1.86. The Bertz CT molecular complexity index is 621. The number of aromatic nitrogens is 1. The number of ether oxygens (including phenoxy) is 2. The zero-order valence-corrected chi connectivity index (χ0v) is 11.4. The van der Waals surface area contributed by atoms with Crippen LogP contribution in [0.1, 0.15) is 29.8 Å². The van der Waals surface area contributed by atoms with Gasteiger partial charge in [0.25, 0.3) is 0 Å². The fourth-order valence-electron chi connectivity index (χ4n) is 2.77. The fourth-order valence-corrected chi connectivity index (χ4v) is 2.77. The average Bonchev–Trinajstić information content (AvgIpc) is 2.93. The zero-order valence-electron chi connectivity index (χ0n) is 11.4. The van der Waals surface area contributed by atoms with Gasteiger partial charge in [0, 0.05) is 18.7 Å². The largest absolute Gasteiger partial charge is 0.455 e. The second-order valence-corrected chi connectivity index (χ2v) is 5.03. The molecule has 0 aliphatic heterocycles. The van der Waals surface area contributed by atoms with Gasteiger partial charge in [0.1, 0.15) is 6.10 Å². The van der Waals surface area contributed by atoms with Crippen LogP contribution in [0.4, 0.5) is 0 Å². The van der Waals surface area contributed by atoms with Crippen LogP contribution in [0.15, 0.2) is 36.5 Å².